The van der Waals surface area contributed by atoms with Crippen LogP contribution in [0.3, 0.4) is 0 Å². The number of halogens is 2. The van der Waals surface area contributed by atoms with Gasteiger partial charge in [-0.1, -0.05) is 0 Å². The first kappa shape index (κ1) is 10.4. The Morgan fingerprint density at radius 2 is 2.23 bits per heavy atom. The van der Waals surface area contributed by atoms with Crippen LogP contribution in [-0.4, -0.2) is 32.2 Å². The molecule has 0 amide bonds. The average molecular weight is 194 g/mol. The third-order valence-corrected chi connectivity index (χ3v) is 2.13. The zero-order chi connectivity index (χ0) is 9.90. The molecule has 0 radical (unpaired) electrons. The number of carbonyl (C=O) groups excluding carboxylic acids is 1. The van der Waals surface area contributed by atoms with Crippen LogP contribution in [0, 0.1) is 5.92 Å². The van der Waals surface area contributed by atoms with Gasteiger partial charge in [0.2, 0.25) is 0 Å². The number of esters is 1. The van der Waals surface area contributed by atoms with E-state index in [2.05, 4.69) is 4.74 Å². The van der Waals surface area contributed by atoms with E-state index in [1.165, 1.54) is 0 Å². The Hall–Kier alpha value is -0.710. The summed E-state index contributed by atoms with van der Waals surface area (Å²) in [5, 5.41) is 0. The summed E-state index contributed by atoms with van der Waals surface area (Å²) < 4.78 is 35.5. The average Bonchev–Trinajstić information content (AvgIpc) is 2.25. The molecule has 1 rings (SSSR count). The summed E-state index contributed by atoms with van der Waals surface area (Å²) in [7, 11) is 1.12. The quantitative estimate of drug-likeness (QED) is 0.589. The minimum Gasteiger partial charge on any atom is -0.469 e. The van der Waals surface area contributed by atoms with Crippen molar-refractivity contribution in [2.24, 2.45) is 5.92 Å². The molecule has 1 unspecified atom stereocenters. The highest BCUT2D eigenvalue weighted by Crippen LogP contribution is 2.33. The van der Waals surface area contributed by atoms with Gasteiger partial charge in [0.15, 0.2) is 0 Å². The lowest BCUT2D eigenvalue weighted by Crippen LogP contribution is -2.35. The Labute approximate surface area is 75.0 Å². The Kier molecular flexibility index (Phi) is 3.19. The monoisotopic (exact) mass is 194 g/mol. The number of methoxy groups -OCH3 is 1. The highest BCUT2D eigenvalue weighted by atomic mass is 19.3. The van der Waals surface area contributed by atoms with E-state index < -0.39 is 24.2 Å². The van der Waals surface area contributed by atoms with Crippen LogP contribution in [0.25, 0.3) is 0 Å². The summed E-state index contributed by atoms with van der Waals surface area (Å²) in [4.78, 5) is 11.0. The molecule has 0 bridgehead atoms. The zero-order valence-corrected chi connectivity index (χ0v) is 7.39. The second-order valence-corrected chi connectivity index (χ2v) is 2.99. The number of hydrogen-bond donors (Lipinski definition) is 0. The van der Waals surface area contributed by atoms with Crippen LogP contribution >= 0.6 is 0 Å². The molecule has 3 nitrogen and oxygen atoms in total. The predicted octanol–water partition coefficient (Wildman–Crippen LogP) is 1.22. The largest absolute Gasteiger partial charge is 0.469 e. The maximum atomic E-state index is 13.2. The van der Waals surface area contributed by atoms with Crippen LogP contribution in [-0.2, 0) is 14.3 Å². The van der Waals surface area contributed by atoms with Crippen LogP contribution in [0.2, 0.25) is 0 Å². The molecule has 0 aromatic carbocycles. The van der Waals surface area contributed by atoms with Crippen molar-refractivity contribution < 1.29 is 23.0 Å². The summed E-state index contributed by atoms with van der Waals surface area (Å²) in [6.07, 6.45) is -0.382. The van der Waals surface area contributed by atoms with Gasteiger partial charge in [-0.15, -0.1) is 0 Å². The van der Waals surface area contributed by atoms with Gasteiger partial charge in [-0.2, -0.15) is 0 Å². The van der Waals surface area contributed by atoms with Crippen molar-refractivity contribution in [3.05, 3.63) is 0 Å². The maximum Gasteiger partial charge on any atom is 0.314 e. The molecule has 0 aromatic rings. The van der Waals surface area contributed by atoms with Gasteiger partial charge < -0.3 is 9.47 Å². The van der Waals surface area contributed by atoms with Crippen LogP contribution in [0.15, 0.2) is 0 Å². The minimum atomic E-state index is -3.00. The summed E-state index contributed by atoms with van der Waals surface area (Å²) in [5.74, 6) is -5.20. The van der Waals surface area contributed by atoms with E-state index in [4.69, 9.17) is 4.74 Å². The maximum absolute atomic E-state index is 13.2. The molecule has 1 fully saturated rings. The van der Waals surface area contributed by atoms with Crippen LogP contribution in [0.5, 0.6) is 0 Å². The number of alkyl halides is 2. The smallest absolute Gasteiger partial charge is 0.314 e. The van der Waals surface area contributed by atoms with Crippen molar-refractivity contribution in [1.29, 1.82) is 0 Å². The van der Waals surface area contributed by atoms with Gasteiger partial charge >= 0.3 is 5.97 Å². The molecule has 5 heteroatoms. The van der Waals surface area contributed by atoms with Crippen molar-refractivity contribution in [3.63, 3.8) is 0 Å². The lowest BCUT2D eigenvalue weighted by atomic mass is 9.96. The van der Waals surface area contributed by atoms with Gasteiger partial charge in [-0.3, -0.25) is 4.79 Å². The lowest BCUT2D eigenvalue weighted by Gasteiger charge is -2.21. The summed E-state index contributed by atoms with van der Waals surface area (Å²) in [6.45, 7) is 0.190. The minimum absolute atomic E-state index is 0.000490. The second-order valence-electron chi connectivity index (χ2n) is 2.99. The van der Waals surface area contributed by atoms with Crippen LogP contribution < -0.4 is 0 Å². The van der Waals surface area contributed by atoms with Crippen molar-refractivity contribution >= 4 is 5.97 Å². The number of carbonyl (C=O) groups is 1. The molecule has 1 aliphatic heterocycles. The van der Waals surface area contributed by atoms with Crippen molar-refractivity contribution in [3.8, 4) is 0 Å². The van der Waals surface area contributed by atoms with Crippen LogP contribution in [0.1, 0.15) is 12.8 Å². The first-order chi connectivity index (χ1) is 6.08. The van der Waals surface area contributed by atoms with Gasteiger partial charge in [0.05, 0.1) is 13.7 Å². The molecule has 0 saturated carbocycles. The summed E-state index contributed by atoms with van der Waals surface area (Å²) >= 11 is 0. The highest BCUT2D eigenvalue weighted by Gasteiger charge is 2.45. The number of ether oxygens (including phenoxy) is 2. The van der Waals surface area contributed by atoms with E-state index in [-0.39, 0.29) is 19.6 Å². The summed E-state index contributed by atoms with van der Waals surface area (Å²) in [5.41, 5.74) is 0. The fourth-order valence-corrected chi connectivity index (χ4v) is 1.33. The van der Waals surface area contributed by atoms with E-state index in [1.54, 1.807) is 0 Å². The topological polar surface area (TPSA) is 35.5 Å². The summed E-state index contributed by atoms with van der Waals surface area (Å²) in [6, 6.07) is 0. The van der Waals surface area contributed by atoms with Gasteiger partial charge in [-0.05, 0) is 6.42 Å². The zero-order valence-electron chi connectivity index (χ0n) is 7.39. The molecule has 13 heavy (non-hydrogen) atoms. The third-order valence-electron chi connectivity index (χ3n) is 2.13. The molecule has 0 aromatic heterocycles. The molecule has 1 atom stereocenters. The van der Waals surface area contributed by atoms with E-state index in [9.17, 15) is 13.6 Å². The predicted molar refractivity (Wildman–Crippen MR) is 40.5 cm³/mol. The first-order valence-electron chi connectivity index (χ1n) is 4.11. The molecule has 1 heterocycles. The molecule has 1 aliphatic rings. The Bertz CT molecular complexity index is 194. The van der Waals surface area contributed by atoms with E-state index in [1.807, 2.05) is 0 Å². The van der Waals surface area contributed by atoms with Crippen molar-refractivity contribution in [2.75, 3.05) is 20.3 Å². The lowest BCUT2D eigenvalue weighted by molar-refractivity contribution is -0.160. The van der Waals surface area contributed by atoms with E-state index >= 15 is 0 Å². The van der Waals surface area contributed by atoms with E-state index in [0.717, 1.165) is 7.11 Å². The molecule has 0 spiro atoms. The van der Waals surface area contributed by atoms with Crippen molar-refractivity contribution in [2.45, 2.75) is 18.8 Å². The van der Waals surface area contributed by atoms with Crippen LogP contribution in [0.4, 0.5) is 8.78 Å². The molecule has 76 valence electrons. The van der Waals surface area contributed by atoms with Gasteiger partial charge in [0.1, 0.15) is 5.92 Å². The van der Waals surface area contributed by atoms with Gasteiger partial charge in [0, 0.05) is 13.0 Å². The fraction of sp³-hybridized carbons (Fsp3) is 0.875. The Morgan fingerprint density at radius 1 is 1.54 bits per heavy atom. The fourth-order valence-electron chi connectivity index (χ4n) is 1.33. The highest BCUT2D eigenvalue weighted by molar-refractivity contribution is 5.73. The Balaban J connectivity index is 2.71. The van der Waals surface area contributed by atoms with Gasteiger partial charge in [0.25, 0.3) is 5.92 Å². The first-order valence-corrected chi connectivity index (χ1v) is 4.11. The van der Waals surface area contributed by atoms with Crippen molar-refractivity contribution in [1.82, 2.24) is 0 Å². The molecule has 0 N–H and O–H groups in total. The van der Waals surface area contributed by atoms with Gasteiger partial charge in [-0.25, -0.2) is 8.78 Å². The number of hydrogen-bond acceptors (Lipinski definition) is 3. The molecule has 1 saturated heterocycles. The standard InChI is InChI=1S/C8H12F2O3/c1-12-7(11)6-2-4-13-5-3-8(6,9)10/h6H,2-5H2,1H3. The molecular weight excluding hydrogens is 182 g/mol. The second kappa shape index (κ2) is 4.00. The normalized spacial score (nSPS) is 27.8. The Morgan fingerprint density at radius 3 is 2.85 bits per heavy atom. The molecular formula is C8H12F2O3. The van der Waals surface area contributed by atoms with E-state index in [0.29, 0.717) is 0 Å². The number of rotatable bonds is 1. The SMILES string of the molecule is COC(=O)C1CCOCCC1(F)F. The molecule has 0 aliphatic carbocycles. The third kappa shape index (κ3) is 2.37.